The Kier molecular flexibility index (Phi) is 5.93. The molecule has 0 aliphatic heterocycles. The van der Waals surface area contributed by atoms with E-state index in [9.17, 15) is 18.3 Å². The van der Waals surface area contributed by atoms with Crippen LogP contribution in [-0.2, 0) is 10.0 Å². The van der Waals surface area contributed by atoms with E-state index >= 15 is 0 Å². The number of carbonyl (C=O) groups is 1. The molecule has 0 unspecified atom stereocenters. The van der Waals surface area contributed by atoms with Crippen LogP contribution in [0.25, 0.3) is 0 Å². The Bertz CT molecular complexity index is 915. The molecular weight excluding hydrogens is 394 g/mol. The zero-order valence-electron chi connectivity index (χ0n) is 14.2. The third-order valence-electron chi connectivity index (χ3n) is 4.28. The first-order valence-electron chi connectivity index (χ1n) is 8.33. The van der Waals surface area contributed by atoms with Gasteiger partial charge in [-0.2, -0.15) is 0 Å². The third-order valence-corrected chi connectivity index (χ3v) is 6.10. The summed E-state index contributed by atoms with van der Waals surface area (Å²) in [4.78, 5) is 19.1. The molecule has 0 spiro atoms. The number of carboxylic acids is 1. The number of aromatic nitrogens is 2. The van der Waals surface area contributed by atoms with E-state index in [4.69, 9.17) is 16.3 Å². The lowest BCUT2D eigenvalue weighted by atomic mass is 9.94. The van der Waals surface area contributed by atoms with Crippen molar-refractivity contribution in [2.45, 2.75) is 42.7 Å². The third kappa shape index (κ3) is 4.94. The summed E-state index contributed by atoms with van der Waals surface area (Å²) in [6.07, 6.45) is 7.00. The monoisotopic (exact) mass is 411 g/mol. The first-order valence-corrected chi connectivity index (χ1v) is 10.2. The molecule has 0 bridgehead atoms. The second-order valence-electron chi connectivity index (χ2n) is 6.20. The minimum Gasteiger partial charge on any atom is -0.478 e. The number of halogens is 1. The normalized spacial score (nSPS) is 20.2. The second-order valence-corrected chi connectivity index (χ2v) is 8.32. The van der Waals surface area contributed by atoms with E-state index in [0.717, 1.165) is 6.07 Å². The molecule has 27 heavy (non-hydrogen) atoms. The summed E-state index contributed by atoms with van der Waals surface area (Å²) in [6.45, 7) is 0. The molecule has 1 saturated carbocycles. The number of ether oxygens (including phenoxy) is 1. The molecule has 1 aromatic carbocycles. The first kappa shape index (κ1) is 19.5. The highest BCUT2D eigenvalue weighted by Crippen LogP contribution is 2.25. The van der Waals surface area contributed by atoms with Gasteiger partial charge in [-0.15, -0.1) is 0 Å². The van der Waals surface area contributed by atoms with E-state index in [1.807, 2.05) is 0 Å². The van der Waals surface area contributed by atoms with Crippen molar-refractivity contribution >= 4 is 27.6 Å². The molecule has 1 aliphatic carbocycles. The van der Waals surface area contributed by atoms with Crippen LogP contribution in [0.1, 0.15) is 36.0 Å². The summed E-state index contributed by atoms with van der Waals surface area (Å²) in [5.74, 6) is -0.909. The van der Waals surface area contributed by atoms with E-state index in [1.54, 1.807) is 12.4 Å². The van der Waals surface area contributed by atoms with Crippen LogP contribution in [0.15, 0.2) is 41.7 Å². The van der Waals surface area contributed by atoms with Crippen molar-refractivity contribution < 1.29 is 23.1 Å². The Hall–Kier alpha value is -2.23. The fourth-order valence-electron chi connectivity index (χ4n) is 3.00. The number of nitrogens with zero attached hydrogens (tertiary/aromatic N) is 2. The lowest BCUT2D eigenvalue weighted by molar-refractivity contribution is 0.0692. The van der Waals surface area contributed by atoms with Crippen LogP contribution in [0.3, 0.4) is 0 Å². The highest BCUT2D eigenvalue weighted by molar-refractivity contribution is 7.89. The van der Waals surface area contributed by atoms with Gasteiger partial charge in [0.2, 0.25) is 15.9 Å². The number of sulfonamides is 1. The van der Waals surface area contributed by atoms with Crippen molar-refractivity contribution in [1.29, 1.82) is 0 Å². The molecule has 1 aromatic heterocycles. The molecule has 10 heteroatoms. The van der Waals surface area contributed by atoms with E-state index < -0.39 is 16.0 Å². The van der Waals surface area contributed by atoms with Gasteiger partial charge in [-0.1, -0.05) is 11.6 Å². The minimum atomic E-state index is -3.98. The predicted octanol–water partition coefficient (Wildman–Crippen LogP) is 2.50. The molecule has 8 nitrogen and oxygen atoms in total. The molecule has 0 atom stereocenters. The van der Waals surface area contributed by atoms with E-state index in [0.29, 0.717) is 31.6 Å². The quantitative estimate of drug-likeness (QED) is 0.749. The van der Waals surface area contributed by atoms with Crippen LogP contribution < -0.4 is 9.46 Å². The molecule has 0 radical (unpaired) electrons. The van der Waals surface area contributed by atoms with Crippen molar-refractivity contribution in [2.24, 2.45) is 0 Å². The van der Waals surface area contributed by atoms with E-state index in [2.05, 4.69) is 14.7 Å². The van der Waals surface area contributed by atoms with Crippen molar-refractivity contribution in [3.8, 4) is 5.88 Å². The molecular formula is C17H18ClN3O5S. The van der Waals surface area contributed by atoms with Crippen molar-refractivity contribution in [1.82, 2.24) is 14.7 Å². The van der Waals surface area contributed by atoms with E-state index in [-0.39, 0.29) is 27.6 Å². The van der Waals surface area contributed by atoms with Crippen LogP contribution >= 0.6 is 11.6 Å². The lowest BCUT2D eigenvalue weighted by Gasteiger charge is -2.29. The van der Waals surface area contributed by atoms with Crippen molar-refractivity contribution in [2.75, 3.05) is 0 Å². The fourth-order valence-corrected chi connectivity index (χ4v) is 4.66. The van der Waals surface area contributed by atoms with Gasteiger partial charge in [0.25, 0.3) is 0 Å². The highest BCUT2D eigenvalue weighted by atomic mass is 35.5. The number of hydrogen-bond acceptors (Lipinski definition) is 6. The Morgan fingerprint density at radius 2 is 1.96 bits per heavy atom. The molecule has 0 amide bonds. The topological polar surface area (TPSA) is 118 Å². The number of nitrogens with one attached hydrogen (secondary N) is 1. The maximum absolute atomic E-state index is 12.6. The molecule has 0 saturated heterocycles. The van der Waals surface area contributed by atoms with Gasteiger partial charge in [-0.25, -0.2) is 22.9 Å². The van der Waals surface area contributed by atoms with Gasteiger partial charge in [0.15, 0.2) is 0 Å². The number of benzene rings is 1. The van der Waals surface area contributed by atoms with Crippen molar-refractivity contribution in [3.05, 3.63) is 47.4 Å². The average molecular weight is 412 g/mol. The molecule has 1 fully saturated rings. The summed E-state index contributed by atoms with van der Waals surface area (Å²) in [5.41, 5.74) is -0.352. The van der Waals surface area contributed by atoms with Gasteiger partial charge in [0.1, 0.15) is 6.10 Å². The van der Waals surface area contributed by atoms with Gasteiger partial charge < -0.3 is 9.84 Å². The summed E-state index contributed by atoms with van der Waals surface area (Å²) in [6, 6.07) is 3.39. The predicted molar refractivity (Wildman–Crippen MR) is 97.4 cm³/mol. The maximum Gasteiger partial charge on any atom is 0.337 e. The molecule has 2 N–H and O–H groups in total. The lowest BCUT2D eigenvalue weighted by Crippen LogP contribution is -2.40. The molecule has 1 heterocycles. The molecule has 2 aromatic rings. The average Bonchev–Trinajstić information content (AvgIpc) is 2.63. The van der Waals surface area contributed by atoms with Crippen LogP contribution in [0.4, 0.5) is 0 Å². The van der Waals surface area contributed by atoms with Crippen LogP contribution in [0, 0.1) is 0 Å². The maximum atomic E-state index is 12.6. The summed E-state index contributed by atoms with van der Waals surface area (Å²) in [5, 5.41) is 9.42. The number of hydrogen-bond donors (Lipinski definition) is 2. The van der Waals surface area contributed by atoms with Crippen LogP contribution in [0.5, 0.6) is 5.88 Å². The van der Waals surface area contributed by atoms with Gasteiger partial charge in [0.05, 0.1) is 16.7 Å². The molecule has 1 aliphatic rings. The molecule has 3 rings (SSSR count). The Morgan fingerprint density at radius 1 is 1.22 bits per heavy atom. The number of aromatic carboxylic acids is 1. The SMILES string of the molecule is O=C(O)c1cc(Cl)ccc1S(=O)(=O)NC1CCC(Oc2cnccn2)CC1. The first-order chi connectivity index (χ1) is 12.8. The fraction of sp³-hybridized carbons (Fsp3) is 0.353. The Morgan fingerprint density at radius 3 is 2.59 bits per heavy atom. The van der Waals surface area contributed by atoms with Gasteiger partial charge in [-0.3, -0.25) is 4.98 Å². The summed E-state index contributed by atoms with van der Waals surface area (Å²) < 4.78 is 33.6. The minimum absolute atomic E-state index is 0.0624. The van der Waals surface area contributed by atoms with Crippen LogP contribution in [0.2, 0.25) is 5.02 Å². The summed E-state index contributed by atoms with van der Waals surface area (Å²) >= 11 is 5.78. The molecule has 144 valence electrons. The Labute approximate surface area is 161 Å². The van der Waals surface area contributed by atoms with Gasteiger partial charge in [-0.05, 0) is 43.9 Å². The zero-order chi connectivity index (χ0) is 19.4. The Balaban J connectivity index is 1.64. The highest BCUT2D eigenvalue weighted by Gasteiger charge is 2.29. The number of carboxylic acid groups (broad SMARTS) is 1. The van der Waals surface area contributed by atoms with Crippen LogP contribution in [-0.4, -0.2) is 41.6 Å². The second kappa shape index (κ2) is 8.20. The van der Waals surface area contributed by atoms with E-state index in [1.165, 1.54) is 18.3 Å². The zero-order valence-corrected chi connectivity index (χ0v) is 15.8. The standard InChI is InChI=1S/C17H18ClN3O5S/c18-11-1-6-15(14(9-11)17(22)23)27(24,25)21-12-2-4-13(5-3-12)26-16-10-19-7-8-20-16/h1,6-10,12-13,21H,2-5H2,(H,22,23). The smallest absolute Gasteiger partial charge is 0.337 e. The van der Waals surface area contributed by atoms with Gasteiger partial charge in [0, 0.05) is 23.5 Å². The number of rotatable bonds is 6. The van der Waals surface area contributed by atoms with Gasteiger partial charge >= 0.3 is 5.97 Å². The summed E-state index contributed by atoms with van der Waals surface area (Å²) in [7, 11) is -3.98. The van der Waals surface area contributed by atoms with Crippen molar-refractivity contribution in [3.63, 3.8) is 0 Å². The largest absolute Gasteiger partial charge is 0.478 e.